The summed E-state index contributed by atoms with van der Waals surface area (Å²) in [4.78, 5) is 11.5. The summed E-state index contributed by atoms with van der Waals surface area (Å²) in [6, 6.07) is 0. The quantitative estimate of drug-likeness (QED) is 0.670. The lowest BCUT2D eigenvalue weighted by atomic mass is 9.84. The number of methoxy groups -OCH3 is 1. The molecule has 0 saturated carbocycles. The molecule has 90 valence electrons. The first kappa shape index (κ1) is 14.4. The molecule has 15 heavy (non-hydrogen) atoms. The summed E-state index contributed by atoms with van der Waals surface area (Å²) in [5, 5.41) is 19.7. The fourth-order valence-electron chi connectivity index (χ4n) is 1.45. The molecule has 2 unspecified atom stereocenters. The molecule has 0 aromatic rings. The maximum absolute atomic E-state index is 11.5. The summed E-state index contributed by atoms with van der Waals surface area (Å²) >= 11 is 0. The molecule has 4 heteroatoms. The van der Waals surface area contributed by atoms with E-state index in [-0.39, 0.29) is 11.8 Å². The predicted molar refractivity (Wildman–Crippen MR) is 57.2 cm³/mol. The topological polar surface area (TPSA) is 66.8 Å². The highest BCUT2D eigenvalue weighted by molar-refractivity contribution is 5.73. The lowest BCUT2D eigenvalue weighted by Crippen LogP contribution is -2.43. The molecule has 0 saturated heterocycles. The first-order valence-electron chi connectivity index (χ1n) is 5.26. The largest absolute Gasteiger partial charge is 0.469 e. The number of carbonyl (C=O) groups excluding carboxylic acids is 1. The van der Waals surface area contributed by atoms with Crippen molar-refractivity contribution in [3.8, 4) is 0 Å². The Kier molecular flexibility index (Phi) is 5.83. The molecule has 0 bridgehead atoms. The van der Waals surface area contributed by atoms with Gasteiger partial charge >= 0.3 is 5.97 Å². The molecule has 2 N–H and O–H groups in total. The van der Waals surface area contributed by atoms with Crippen LogP contribution in [0.1, 0.15) is 27.7 Å². The van der Waals surface area contributed by atoms with E-state index in [0.717, 1.165) is 0 Å². The Balaban J connectivity index is 4.80. The minimum absolute atomic E-state index is 0.0949. The molecule has 0 heterocycles. The molecule has 0 aromatic heterocycles. The summed E-state index contributed by atoms with van der Waals surface area (Å²) in [6.45, 7) is 7.20. The average Bonchev–Trinajstić information content (AvgIpc) is 2.16. The van der Waals surface area contributed by atoms with Gasteiger partial charge in [0.25, 0.3) is 0 Å². The van der Waals surface area contributed by atoms with Crippen LogP contribution in [-0.4, -0.2) is 35.5 Å². The minimum Gasteiger partial charge on any atom is -0.469 e. The van der Waals surface area contributed by atoms with Crippen molar-refractivity contribution >= 4 is 5.97 Å². The minimum atomic E-state index is -0.880. The molecule has 2 atom stereocenters. The van der Waals surface area contributed by atoms with E-state index >= 15 is 0 Å². The second kappa shape index (κ2) is 6.08. The third-order valence-electron chi connectivity index (χ3n) is 2.58. The molecular formula is C11H22O4. The normalized spacial score (nSPS) is 17.7. The summed E-state index contributed by atoms with van der Waals surface area (Å²) < 4.78 is 4.60. The molecule has 0 aromatic carbocycles. The number of rotatable bonds is 5. The van der Waals surface area contributed by atoms with Gasteiger partial charge in [0.1, 0.15) is 5.92 Å². The SMILES string of the molecule is COC(=O)C(C(O)C(C)C)C(O)C(C)C. The molecular weight excluding hydrogens is 196 g/mol. The van der Waals surface area contributed by atoms with Crippen LogP contribution < -0.4 is 0 Å². The van der Waals surface area contributed by atoms with E-state index in [0.29, 0.717) is 0 Å². The van der Waals surface area contributed by atoms with Crippen LogP contribution in [0.5, 0.6) is 0 Å². The molecule has 0 rings (SSSR count). The van der Waals surface area contributed by atoms with E-state index in [9.17, 15) is 15.0 Å². The van der Waals surface area contributed by atoms with Crippen molar-refractivity contribution in [3.05, 3.63) is 0 Å². The van der Waals surface area contributed by atoms with E-state index < -0.39 is 24.1 Å². The average molecular weight is 218 g/mol. The molecule has 4 nitrogen and oxygen atoms in total. The third-order valence-corrected chi connectivity index (χ3v) is 2.58. The van der Waals surface area contributed by atoms with Crippen LogP contribution in [0.2, 0.25) is 0 Å². The van der Waals surface area contributed by atoms with Gasteiger partial charge in [-0.25, -0.2) is 0 Å². The van der Waals surface area contributed by atoms with Gasteiger partial charge in [0.15, 0.2) is 0 Å². The predicted octanol–water partition coefficient (Wildman–Crippen LogP) is 0.809. The van der Waals surface area contributed by atoms with Gasteiger partial charge in [0.2, 0.25) is 0 Å². The Bertz CT molecular complexity index is 187. The van der Waals surface area contributed by atoms with Crippen molar-refractivity contribution < 1.29 is 19.7 Å². The second-order valence-electron chi connectivity index (χ2n) is 4.52. The van der Waals surface area contributed by atoms with Gasteiger partial charge in [0, 0.05) is 0 Å². The summed E-state index contributed by atoms with van der Waals surface area (Å²) in [5.41, 5.74) is 0. The van der Waals surface area contributed by atoms with Gasteiger partial charge in [-0.2, -0.15) is 0 Å². The Morgan fingerprint density at radius 1 is 1.00 bits per heavy atom. The van der Waals surface area contributed by atoms with E-state index in [1.807, 2.05) is 0 Å². The van der Waals surface area contributed by atoms with E-state index in [1.165, 1.54) is 7.11 Å². The van der Waals surface area contributed by atoms with E-state index in [2.05, 4.69) is 4.74 Å². The van der Waals surface area contributed by atoms with Crippen LogP contribution in [-0.2, 0) is 9.53 Å². The maximum atomic E-state index is 11.5. The number of aliphatic hydroxyl groups excluding tert-OH is 2. The van der Waals surface area contributed by atoms with Crippen molar-refractivity contribution in [2.75, 3.05) is 7.11 Å². The zero-order valence-electron chi connectivity index (χ0n) is 10.1. The van der Waals surface area contributed by atoms with Crippen LogP contribution in [0.3, 0.4) is 0 Å². The fraction of sp³-hybridized carbons (Fsp3) is 0.909. The zero-order valence-corrected chi connectivity index (χ0v) is 10.1. The number of carbonyl (C=O) groups is 1. The third kappa shape index (κ3) is 3.80. The van der Waals surface area contributed by atoms with Gasteiger partial charge in [0.05, 0.1) is 19.3 Å². The van der Waals surface area contributed by atoms with Crippen molar-refractivity contribution in [1.29, 1.82) is 0 Å². The highest BCUT2D eigenvalue weighted by Gasteiger charge is 2.37. The first-order valence-corrected chi connectivity index (χ1v) is 5.26. The Morgan fingerprint density at radius 2 is 1.33 bits per heavy atom. The van der Waals surface area contributed by atoms with Crippen LogP contribution in [0.4, 0.5) is 0 Å². The molecule has 0 aliphatic rings. The van der Waals surface area contributed by atoms with Crippen molar-refractivity contribution in [1.82, 2.24) is 0 Å². The maximum Gasteiger partial charge on any atom is 0.313 e. The van der Waals surface area contributed by atoms with Gasteiger partial charge in [-0.15, -0.1) is 0 Å². The highest BCUT2D eigenvalue weighted by atomic mass is 16.5. The molecule has 0 aliphatic heterocycles. The monoisotopic (exact) mass is 218 g/mol. The molecule has 0 spiro atoms. The van der Waals surface area contributed by atoms with Crippen LogP contribution in [0.15, 0.2) is 0 Å². The highest BCUT2D eigenvalue weighted by Crippen LogP contribution is 2.22. The van der Waals surface area contributed by atoms with Crippen molar-refractivity contribution in [2.45, 2.75) is 39.9 Å². The number of hydrogen-bond acceptors (Lipinski definition) is 4. The Labute approximate surface area is 91.3 Å². The van der Waals surface area contributed by atoms with Gasteiger partial charge in [-0.1, -0.05) is 27.7 Å². The van der Waals surface area contributed by atoms with Gasteiger partial charge in [-0.05, 0) is 11.8 Å². The number of esters is 1. The van der Waals surface area contributed by atoms with E-state index in [4.69, 9.17) is 0 Å². The van der Waals surface area contributed by atoms with Crippen LogP contribution in [0, 0.1) is 17.8 Å². The van der Waals surface area contributed by atoms with Crippen LogP contribution in [0.25, 0.3) is 0 Å². The smallest absolute Gasteiger partial charge is 0.313 e. The van der Waals surface area contributed by atoms with Crippen molar-refractivity contribution in [2.24, 2.45) is 17.8 Å². The van der Waals surface area contributed by atoms with E-state index in [1.54, 1.807) is 27.7 Å². The standard InChI is InChI=1S/C11H22O4/c1-6(2)9(12)8(11(14)15-5)10(13)7(3)4/h6-10,12-13H,1-5H3. The molecule has 0 radical (unpaired) electrons. The zero-order chi connectivity index (χ0) is 12.2. The molecule has 0 fully saturated rings. The lowest BCUT2D eigenvalue weighted by Gasteiger charge is -2.29. The first-order chi connectivity index (χ1) is 6.82. The molecule has 0 aliphatic carbocycles. The number of hydrogen-bond donors (Lipinski definition) is 2. The number of aliphatic hydroxyl groups is 2. The van der Waals surface area contributed by atoms with Crippen LogP contribution >= 0.6 is 0 Å². The Morgan fingerprint density at radius 3 is 1.53 bits per heavy atom. The van der Waals surface area contributed by atoms with Gasteiger partial charge < -0.3 is 14.9 Å². The Hall–Kier alpha value is -0.610. The summed E-state index contributed by atoms with van der Waals surface area (Å²) in [6.07, 6.45) is -1.76. The summed E-state index contributed by atoms with van der Waals surface area (Å²) in [5.74, 6) is -1.61. The lowest BCUT2D eigenvalue weighted by molar-refractivity contribution is -0.158. The van der Waals surface area contributed by atoms with Crippen molar-refractivity contribution in [3.63, 3.8) is 0 Å². The second-order valence-corrected chi connectivity index (χ2v) is 4.52. The number of ether oxygens (including phenoxy) is 1. The van der Waals surface area contributed by atoms with Gasteiger partial charge in [-0.3, -0.25) is 4.79 Å². The fourth-order valence-corrected chi connectivity index (χ4v) is 1.45. The molecule has 0 amide bonds. The summed E-state index contributed by atoms with van der Waals surface area (Å²) in [7, 11) is 1.26.